The molecule has 1 saturated heterocycles. The van der Waals surface area contributed by atoms with Crippen LogP contribution in [-0.4, -0.2) is 36.2 Å². The van der Waals surface area contributed by atoms with E-state index in [9.17, 15) is 14.4 Å². The summed E-state index contributed by atoms with van der Waals surface area (Å²) in [5, 5.41) is 0. The van der Waals surface area contributed by atoms with Gasteiger partial charge in [-0.05, 0) is 25.5 Å². The zero-order chi connectivity index (χ0) is 20.3. The topological polar surface area (TPSA) is 78.9 Å². The van der Waals surface area contributed by atoms with Crippen LogP contribution in [0.4, 0.5) is 0 Å². The van der Waals surface area contributed by atoms with Crippen molar-refractivity contribution in [3.05, 3.63) is 35.5 Å². The van der Waals surface area contributed by atoms with Crippen molar-refractivity contribution in [1.29, 1.82) is 0 Å². The lowest BCUT2D eigenvalue weighted by atomic mass is 9.85. The second-order valence-corrected chi connectivity index (χ2v) is 7.55. The summed E-state index contributed by atoms with van der Waals surface area (Å²) in [4.78, 5) is 35.8. The zero-order valence-corrected chi connectivity index (χ0v) is 16.6. The minimum atomic E-state index is -0.612. The van der Waals surface area contributed by atoms with Crippen LogP contribution in [0.15, 0.2) is 35.5 Å². The highest BCUT2D eigenvalue weighted by molar-refractivity contribution is 5.91. The van der Waals surface area contributed by atoms with Crippen molar-refractivity contribution in [1.82, 2.24) is 0 Å². The molecule has 1 aliphatic heterocycles. The van der Waals surface area contributed by atoms with Gasteiger partial charge in [-0.3, -0.25) is 9.59 Å². The fourth-order valence-corrected chi connectivity index (χ4v) is 3.31. The molecule has 0 spiro atoms. The zero-order valence-electron chi connectivity index (χ0n) is 16.6. The molecule has 0 aromatic carbocycles. The average Bonchev–Trinajstić information content (AvgIpc) is 2.83. The number of carbonyl (C=O) groups excluding carboxylic acids is 3. The maximum absolute atomic E-state index is 12.2. The van der Waals surface area contributed by atoms with Crippen LogP contribution in [0.1, 0.15) is 47.5 Å². The molecule has 2 aliphatic rings. The highest BCUT2D eigenvalue weighted by Gasteiger charge is 2.44. The first-order valence-corrected chi connectivity index (χ1v) is 9.21. The van der Waals surface area contributed by atoms with Gasteiger partial charge in [0.25, 0.3) is 0 Å². The van der Waals surface area contributed by atoms with Gasteiger partial charge in [-0.2, -0.15) is 0 Å². The summed E-state index contributed by atoms with van der Waals surface area (Å²) in [6.45, 7) is 12.5. The minimum Gasteiger partial charge on any atom is -0.461 e. The smallest absolute Gasteiger partial charge is 0.334 e. The van der Waals surface area contributed by atoms with E-state index in [2.05, 4.69) is 6.58 Å². The van der Waals surface area contributed by atoms with Crippen molar-refractivity contribution in [2.75, 3.05) is 0 Å². The largest absolute Gasteiger partial charge is 0.461 e. The number of carbonyl (C=O) groups is 3. The lowest BCUT2D eigenvalue weighted by Gasteiger charge is -2.29. The monoisotopic (exact) mass is 376 g/mol. The Kier molecular flexibility index (Phi) is 6.63. The highest BCUT2D eigenvalue weighted by Crippen LogP contribution is 2.36. The lowest BCUT2D eigenvalue weighted by molar-refractivity contribution is -0.155. The van der Waals surface area contributed by atoms with E-state index in [0.717, 1.165) is 11.1 Å². The second-order valence-electron chi connectivity index (χ2n) is 7.55. The average molecular weight is 376 g/mol. The molecule has 0 amide bonds. The van der Waals surface area contributed by atoms with Gasteiger partial charge >= 0.3 is 17.9 Å². The van der Waals surface area contributed by atoms with Gasteiger partial charge in [0.2, 0.25) is 0 Å². The molecule has 0 aromatic heterocycles. The van der Waals surface area contributed by atoms with Crippen LogP contribution in [0.5, 0.6) is 0 Å². The summed E-state index contributed by atoms with van der Waals surface area (Å²) >= 11 is 0. The Labute approximate surface area is 160 Å². The van der Waals surface area contributed by atoms with E-state index >= 15 is 0 Å². The number of fused-ring (bicyclic) bond motifs is 1. The van der Waals surface area contributed by atoms with E-state index in [0.29, 0.717) is 18.4 Å². The molecular formula is C21H28O6. The molecule has 4 atom stereocenters. The van der Waals surface area contributed by atoms with Crippen molar-refractivity contribution in [3.8, 4) is 0 Å². The Balaban J connectivity index is 2.42. The molecule has 1 heterocycles. The van der Waals surface area contributed by atoms with Crippen molar-refractivity contribution in [2.24, 2.45) is 11.8 Å². The molecule has 1 fully saturated rings. The molecule has 0 unspecified atom stereocenters. The second kappa shape index (κ2) is 8.55. The van der Waals surface area contributed by atoms with Gasteiger partial charge < -0.3 is 14.2 Å². The van der Waals surface area contributed by atoms with Gasteiger partial charge in [-0.25, -0.2) is 4.79 Å². The number of hydrogen-bond acceptors (Lipinski definition) is 6. The molecular weight excluding hydrogens is 348 g/mol. The lowest BCUT2D eigenvalue weighted by Crippen LogP contribution is -2.35. The summed E-state index contributed by atoms with van der Waals surface area (Å²) in [5.74, 6) is -1.95. The molecule has 0 saturated carbocycles. The Morgan fingerprint density at radius 3 is 2.52 bits per heavy atom. The predicted octanol–water partition coefficient (Wildman–Crippen LogP) is 3.27. The number of esters is 3. The van der Waals surface area contributed by atoms with Gasteiger partial charge in [-0.15, -0.1) is 0 Å². The van der Waals surface area contributed by atoms with Crippen LogP contribution in [0.2, 0.25) is 0 Å². The first-order chi connectivity index (χ1) is 12.6. The maximum atomic E-state index is 12.2. The molecule has 148 valence electrons. The van der Waals surface area contributed by atoms with Crippen molar-refractivity contribution in [3.63, 3.8) is 0 Å². The van der Waals surface area contributed by atoms with E-state index in [-0.39, 0.29) is 17.9 Å². The summed E-state index contributed by atoms with van der Waals surface area (Å²) in [6.07, 6.45) is 3.12. The first kappa shape index (κ1) is 20.9. The number of rotatable bonds is 3. The minimum absolute atomic E-state index is 0.278. The van der Waals surface area contributed by atoms with Gasteiger partial charge in [0.05, 0.1) is 11.8 Å². The highest BCUT2D eigenvalue weighted by atomic mass is 16.6. The molecule has 0 N–H and O–H groups in total. The van der Waals surface area contributed by atoms with E-state index in [4.69, 9.17) is 14.2 Å². The fourth-order valence-electron chi connectivity index (χ4n) is 3.31. The summed E-state index contributed by atoms with van der Waals surface area (Å²) < 4.78 is 16.6. The Bertz CT molecular complexity index is 699. The maximum Gasteiger partial charge on any atom is 0.334 e. The Hall–Kier alpha value is -2.37. The van der Waals surface area contributed by atoms with E-state index in [1.54, 1.807) is 19.9 Å². The Morgan fingerprint density at radius 1 is 1.26 bits per heavy atom. The third-order valence-corrected chi connectivity index (χ3v) is 4.85. The van der Waals surface area contributed by atoms with Gasteiger partial charge in [0, 0.05) is 25.3 Å². The fraction of sp³-hybridized carbons (Fsp3) is 0.571. The quantitative estimate of drug-likeness (QED) is 0.326. The van der Waals surface area contributed by atoms with E-state index < -0.39 is 30.2 Å². The molecule has 27 heavy (non-hydrogen) atoms. The third kappa shape index (κ3) is 5.08. The molecule has 6 nitrogen and oxygen atoms in total. The van der Waals surface area contributed by atoms with E-state index in [1.807, 2.05) is 19.9 Å². The summed E-state index contributed by atoms with van der Waals surface area (Å²) in [7, 11) is 0. The van der Waals surface area contributed by atoms with Crippen LogP contribution in [-0.2, 0) is 28.6 Å². The predicted molar refractivity (Wildman–Crippen MR) is 99.5 cm³/mol. The summed E-state index contributed by atoms with van der Waals surface area (Å²) in [5.41, 5.74) is 2.06. The van der Waals surface area contributed by atoms with Crippen LogP contribution >= 0.6 is 0 Å². The standard InChI is InChI=1S/C21H28O6/c1-11(2)20(23)26-17-9-12(3)7-8-16(25-15(6)22)13(4)10-18-19(17)14(5)21(24)27-18/h7,10-11,16-19H,5,8-9H2,1-4,6H3/b12-7+,13-10-/t16-,17+,18+,19+/m0/s1. The Morgan fingerprint density at radius 2 is 1.93 bits per heavy atom. The normalized spacial score (nSPS) is 32.5. The molecule has 1 aliphatic carbocycles. The first-order valence-electron chi connectivity index (χ1n) is 9.21. The third-order valence-electron chi connectivity index (χ3n) is 4.85. The van der Waals surface area contributed by atoms with Gasteiger partial charge in [-0.1, -0.05) is 32.1 Å². The van der Waals surface area contributed by atoms with Crippen LogP contribution in [0.3, 0.4) is 0 Å². The van der Waals surface area contributed by atoms with Crippen molar-refractivity contribution >= 4 is 17.9 Å². The molecule has 0 bridgehead atoms. The molecule has 0 aromatic rings. The summed E-state index contributed by atoms with van der Waals surface area (Å²) in [6, 6.07) is 0. The van der Waals surface area contributed by atoms with Crippen molar-refractivity contribution in [2.45, 2.75) is 65.8 Å². The van der Waals surface area contributed by atoms with Crippen LogP contribution in [0, 0.1) is 11.8 Å². The van der Waals surface area contributed by atoms with E-state index in [1.165, 1.54) is 6.92 Å². The van der Waals surface area contributed by atoms with Crippen molar-refractivity contribution < 1.29 is 28.6 Å². The molecule has 6 heteroatoms. The number of ether oxygens (including phenoxy) is 3. The number of hydrogen-bond donors (Lipinski definition) is 0. The molecule has 0 radical (unpaired) electrons. The SMILES string of the molecule is C=C1C(=O)O[C@@H]2/C=C(/C)[C@@H](OC(C)=O)C/C=C(\C)C[C@@H](OC(=O)C(C)C)[C@@H]12. The van der Waals surface area contributed by atoms with Crippen LogP contribution in [0.25, 0.3) is 0 Å². The van der Waals surface area contributed by atoms with Gasteiger partial charge in [0.15, 0.2) is 0 Å². The molecule has 2 rings (SSSR count). The van der Waals surface area contributed by atoms with Crippen LogP contribution < -0.4 is 0 Å². The van der Waals surface area contributed by atoms with Gasteiger partial charge in [0.1, 0.15) is 18.3 Å².